The van der Waals surface area contributed by atoms with Gasteiger partial charge in [-0.15, -0.1) is 0 Å². The monoisotopic (exact) mass is 379 g/mol. The second kappa shape index (κ2) is 9.65. The maximum absolute atomic E-state index is 12.2. The van der Waals surface area contributed by atoms with Gasteiger partial charge in [0.05, 0.1) is 6.10 Å². The molecule has 0 saturated carbocycles. The standard InChI is InChI=1S/C23H25NO4/c1-17(2)27-20-10-8-18(9-11-20)14-15-24-23(25)22-13-12-21(28-22)16-26-19-6-4-3-5-7-19/h3-13,17H,14-16H2,1-2H3,(H,24,25). The fraction of sp³-hybridized carbons (Fsp3) is 0.261. The summed E-state index contributed by atoms with van der Waals surface area (Å²) in [5.41, 5.74) is 1.13. The van der Waals surface area contributed by atoms with E-state index >= 15 is 0 Å². The Bertz CT molecular complexity index is 869. The van der Waals surface area contributed by atoms with Crippen LogP contribution in [0.2, 0.25) is 0 Å². The van der Waals surface area contributed by atoms with Crippen LogP contribution in [-0.4, -0.2) is 18.6 Å². The van der Waals surface area contributed by atoms with E-state index in [4.69, 9.17) is 13.9 Å². The summed E-state index contributed by atoms with van der Waals surface area (Å²) in [6.45, 7) is 4.80. The van der Waals surface area contributed by atoms with Gasteiger partial charge >= 0.3 is 0 Å². The lowest BCUT2D eigenvalue weighted by atomic mass is 10.1. The van der Waals surface area contributed by atoms with Crippen LogP contribution in [0.3, 0.4) is 0 Å². The molecule has 0 aliphatic heterocycles. The number of carbonyl (C=O) groups excluding carboxylic acids is 1. The normalized spacial score (nSPS) is 10.7. The molecule has 0 aliphatic rings. The topological polar surface area (TPSA) is 60.7 Å². The molecule has 0 unspecified atom stereocenters. The molecule has 1 amide bonds. The van der Waals surface area contributed by atoms with Gasteiger partial charge in [-0.1, -0.05) is 30.3 Å². The van der Waals surface area contributed by atoms with Crippen molar-refractivity contribution in [3.05, 3.63) is 83.8 Å². The molecular formula is C23H25NO4. The summed E-state index contributed by atoms with van der Waals surface area (Å²) >= 11 is 0. The van der Waals surface area contributed by atoms with Crippen molar-refractivity contribution in [2.75, 3.05) is 6.54 Å². The minimum atomic E-state index is -0.231. The fourth-order valence-corrected chi connectivity index (χ4v) is 2.66. The Kier molecular flexibility index (Phi) is 6.73. The van der Waals surface area contributed by atoms with Gasteiger partial charge in [-0.2, -0.15) is 0 Å². The number of hydrogen-bond donors (Lipinski definition) is 1. The van der Waals surface area contributed by atoms with Gasteiger partial charge in [-0.3, -0.25) is 4.79 Å². The maximum atomic E-state index is 12.2. The van der Waals surface area contributed by atoms with Crippen molar-refractivity contribution in [1.29, 1.82) is 0 Å². The molecule has 0 radical (unpaired) electrons. The van der Waals surface area contributed by atoms with Crippen LogP contribution in [0.1, 0.15) is 35.7 Å². The lowest BCUT2D eigenvalue weighted by Gasteiger charge is -2.10. The van der Waals surface area contributed by atoms with Crippen molar-refractivity contribution >= 4 is 5.91 Å². The van der Waals surface area contributed by atoms with E-state index in [9.17, 15) is 4.79 Å². The van der Waals surface area contributed by atoms with Gasteiger partial charge in [0.15, 0.2) is 5.76 Å². The molecule has 0 fully saturated rings. The van der Waals surface area contributed by atoms with E-state index in [0.29, 0.717) is 12.3 Å². The van der Waals surface area contributed by atoms with E-state index in [2.05, 4.69) is 5.32 Å². The van der Waals surface area contributed by atoms with Crippen LogP contribution < -0.4 is 14.8 Å². The van der Waals surface area contributed by atoms with Gasteiger partial charge in [0, 0.05) is 6.54 Å². The van der Waals surface area contributed by atoms with Crippen LogP contribution in [0.15, 0.2) is 71.1 Å². The first kappa shape index (κ1) is 19.5. The van der Waals surface area contributed by atoms with E-state index in [1.807, 2.05) is 68.4 Å². The Labute approximate surface area is 165 Å². The molecule has 1 N–H and O–H groups in total. The summed E-state index contributed by atoms with van der Waals surface area (Å²) in [5, 5.41) is 2.88. The molecule has 0 spiro atoms. The molecule has 0 atom stereocenters. The molecule has 5 nitrogen and oxygen atoms in total. The van der Waals surface area contributed by atoms with E-state index in [0.717, 1.165) is 23.5 Å². The van der Waals surface area contributed by atoms with E-state index in [-0.39, 0.29) is 24.4 Å². The lowest BCUT2D eigenvalue weighted by molar-refractivity contribution is 0.0922. The quantitative estimate of drug-likeness (QED) is 0.589. The van der Waals surface area contributed by atoms with Crippen molar-refractivity contribution in [2.24, 2.45) is 0 Å². The zero-order valence-electron chi connectivity index (χ0n) is 16.2. The Morgan fingerprint density at radius 3 is 2.43 bits per heavy atom. The summed E-state index contributed by atoms with van der Waals surface area (Å²) in [4.78, 5) is 12.2. The van der Waals surface area contributed by atoms with Crippen molar-refractivity contribution < 1.29 is 18.7 Å². The third-order valence-electron chi connectivity index (χ3n) is 4.00. The second-order valence-electron chi connectivity index (χ2n) is 6.68. The summed E-state index contributed by atoms with van der Waals surface area (Å²) in [6.07, 6.45) is 0.889. The smallest absolute Gasteiger partial charge is 0.287 e. The number of nitrogens with one attached hydrogen (secondary N) is 1. The minimum absolute atomic E-state index is 0.154. The van der Waals surface area contributed by atoms with Crippen LogP contribution in [-0.2, 0) is 13.0 Å². The van der Waals surface area contributed by atoms with E-state index in [1.54, 1.807) is 12.1 Å². The highest BCUT2D eigenvalue weighted by Gasteiger charge is 2.11. The van der Waals surface area contributed by atoms with E-state index < -0.39 is 0 Å². The molecule has 3 aromatic rings. The zero-order chi connectivity index (χ0) is 19.8. The maximum Gasteiger partial charge on any atom is 0.287 e. The average molecular weight is 379 g/mol. The average Bonchev–Trinajstić information content (AvgIpc) is 3.17. The first-order chi connectivity index (χ1) is 13.6. The fourth-order valence-electron chi connectivity index (χ4n) is 2.66. The highest BCUT2D eigenvalue weighted by atomic mass is 16.5. The Morgan fingerprint density at radius 2 is 1.71 bits per heavy atom. The first-order valence-corrected chi connectivity index (χ1v) is 9.40. The highest BCUT2D eigenvalue weighted by molar-refractivity contribution is 5.91. The van der Waals surface area contributed by atoms with Crippen LogP contribution >= 0.6 is 0 Å². The predicted octanol–water partition coefficient (Wildman–Crippen LogP) is 4.62. The molecule has 0 aliphatic carbocycles. The van der Waals surface area contributed by atoms with Crippen LogP contribution in [0, 0.1) is 0 Å². The van der Waals surface area contributed by atoms with Gasteiger partial charge in [0.1, 0.15) is 23.9 Å². The van der Waals surface area contributed by atoms with Crippen LogP contribution in [0.25, 0.3) is 0 Å². The van der Waals surface area contributed by atoms with Crippen LogP contribution in [0.4, 0.5) is 0 Å². The number of furan rings is 1. The number of hydrogen-bond acceptors (Lipinski definition) is 4. The number of amides is 1. The summed E-state index contributed by atoms with van der Waals surface area (Å²) in [6, 6.07) is 20.8. The van der Waals surface area contributed by atoms with Crippen molar-refractivity contribution in [3.63, 3.8) is 0 Å². The predicted molar refractivity (Wildman–Crippen MR) is 108 cm³/mol. The lowest BCUT2D eigenvalue weighted by Crippen LogP contribution is -2.25. The Morgan fingerprint density at radius 1 is 0.964 bits per heavy atom. The Balaban J connectivity index is 1.43. The molecule has 5 heteroatoms. The molecule has 1 heterocycles. The molecule has 0 bridgehead atoms. The molecule has 2 aromatic carbocycles. The summed E-state index contributed by atoms with van der Waals surface area (Å²) in [5.74, 6) is 2.27. The molecule has 146 valence electrons. The molecule has 28 heavy (non-hydrogen) atoms. The number of carbonyl (C=O) groups is 1. The van der Waals surface area contributed by atoms with Crippen LogP contribution in [0.5, 0.6) is 11.5 Å². The van der Waals surface area contributed by atoms with Gasteiger partial charge in [0.2, 0.25) is 0 Å². The van der Waals surface area contributed by atoms with E-state index in [1.165, 1.54) is 0 Å². The number of para-hydroxylation sites is 1. The minimum Gasteiger partial charge on any atom is -0.491 e. The summed E-state index contributed by atoms with van der Waals surface area (Å²) in [7, 11) is 0. The van der Waals surface area contributed by atoms with Gasteiger partial charge in [-0.25, -0.2) is 0 Å². The molecule has 1 aromatic heterocycles. The second-order valence-corrected chi connectivity index (χ2v) is 6.68. The third kappa shape index (κ3) is 5.91. The summed E-state index contributed by atoms with van der Waals surface area (Å²) < 4.78 is 16.8. The SMILES string of the molecule is CC(C)Oc1ccc(CCNC(=O)c2ccc(COc3ccccc3)o2)cc1. The van der Waals surface area contributed by atoms with Crippen molar-refractivity contribution in [1.82, 2.24) is 5.32 Å². The van der Waals surface area contributed by atoms with Gasteiger partial charge in [-0.05, 0) is 62.2 Å². The largest absolute Gasteiger partial charge is 0.491 e. The zero-order valence-corrected chi connectivity index (χ0v) is 16.2. The first-order valence-electron chi connectivity index (χ1n) is 9.40. The van der Waals surface area contributed by atoms with Gasteiger partial charge in [0.25, 0.3) is 5.91 Å². The number of benzene rings is 2. The third-order valence-corrected chi connectivity index (χ3v) is 4.00. The number of ether oxygens (including phenoxy) is 2. The van der Waals surface area contributed by atoms with Gasteiger partial charge < -0.3 is 19.2 Å². The van der Waals surface area contributed by atoms with Crippen molar-refractivity contribution in [2.45, 2.75) is 33.0 Å². The molecule has 0 saturated heterocycles. The van der Waals surface area contributed by atoms with Crippen molar-refractivity contribution in [3.8, 4) is 11.5 Å². The molecular weight excluding hydrogens is 354 g/mol. The number of rotatable bonds is 9. The highest BCUT2D eigenvalue weighted by Crippen LogP contribution is 2.15. The Hall–Kier alpha value is -3.21. The molecule has 3 rings (SSSR count).